The van der Waals surface area contributed by atoms with Crippen molar-refractivity contribution in [3.8, 4) is 0 Å². The zero-order valence-electron chi connectivity index (χ0n) is 7.87. The van der Waals surface area contributed by atoms with Gasteiger partial charge in [-0.2, -0.15) is 0 Å². The zero-order chi connectivity index (χ0) is 11.3. The van der Waals surface area contributed by atoms with Crippen LogP contribution in [0.2, 0.25) is 5.02 Å². The van der Waals surface area contributed by atoms with Crippen molar-refractivity contribution in [3.05, 3.63) is 34.6 Å². The highest BCUT2D eigenvalue weighted by Crippen LogP contribution is 2.19. The lowest BCUT2D eigenvalue weighted by molar-refractivity contribution is -0.138. The number of carboxylic acid groups (broad SMARTS) is 1. The van der Waals surface area contributed by atoms with Crippen LogP contribution in [-0.2, 0) is 16.1 Å². The molecule has 0 aliphatic carbocycles. The molecule has 0 radical (unpaired) electrons. The molecule has 0 unspecified atom stereocenters. The maximum absolute atomic E-state index is 13.2. The third-order valence-electron chi connectivity index (χ3n) is 1.77. The second kappa shape index (κ2) is 5.68. The topological polar surface area (TPSA) is 46.5 Å². The Labute approximate surface area is 91.4 Å². The van der Waals surface area contributed by atoms with Crippen molar-refractivity contribution >= 4 is 17.6 Å². The van der Waals surface area contributed by atoms with Crippen LogP contribution in [-0.4, -0.2) is 17.7 Å². The van der Waals surface area contributed by atoms with Gasteiger partial charge in [-0.05, 0) is 12.1 Å². The van der Waals surface area contributed by atoms with Gasteiger partial charge in [0.1, 0.15) is 5.82 Å². The van der Waals surface area contributed by atoms with Gasteiger partial charge >= 0.3 is 5.97 Å². The molecule has 0 aromatic heterocycles. The summed E-state index contributed by atoms with van der Waals surface area (Å²) < 4.78 is 18.1. The van der Waals surface area contributed by atoms with Crippen molar-refractivity contribution in [2.24, 2.45) is 0 Å². The Kier molecular flexibility index (Phi) is 4.52. The molecule has 1 N–H and O–H groups in total. The first kappa shape index (κ1) is 11.9. The summed E-state index contributed by atoms with van der Waals surface area (Å²) in [6, 6.07) is 4.33. The highest BCUT2D eigenvalue weighted by atomic mass is 35.5. The number of ether oxygens (including phenoxy) is 1. The quantitative estimate of drug-likeness (QED) is 0.794. The summed E-state index contributed by atoms with van der Waals surface area (Å²) in [7, 11) is 0. The predicted octanol–water partition coefficient (Wildman–Crippen LogP) is 2.47. The van der Waals surface area contributed by atoms with E-state index in [-0.39, 0.29) is 30.2 Å². The lowest BCUT2D eigenvalue weighted by Gasteiger charge is -2.05. The third kappa shape index (κ3) is 3.85. The molecule has 0 aliphatic heterocycles. The Morgan fingerprint density at radius 1 is 1.53 bits per heavy atom. The molecule has 1 aromatic carbocycles. The molecule has 0 spiro atoms. The van der Waals surface area contributed by atoms with Crippen molar-refractivity contribution in [1.82, 2.24) is 0 Å². The van der Waals surface area contributed by atoms with Gasteiger partial charge in [0.2, 0.25) is 0 Å². The third-order valence-corrected chi connectivity index (χ3v) is 2.12. The molecule has 0 saturated heterocycles. The molecule has 1 rings (SSSR count). The molecular weight excluding hydrogens is 223 g/mol. The van der Waals surface area contributed by atoms with E-state index in [4.69, 9.17) is 21.4 Å². The van der Waals surface area contributed by atoms with Gasteiger partial charge < -0.3 is 9.84 Å². The van der Waals surface area contributed by atoms with Gasteiger partial charge in [-0.1, -0.05) is 17.7 Å². The van der Waals surface area contributed by atoms with Gasteiger partial charge in [-0.25, -0.2) is 4.39 Å². The maximum Gasteiger partial charge on any atom is 0.305 e. The maximum atomic E-state index is 13.2. The molecule has 0 heterocycles. The van der Waals surface area contributed by atoms with Crippen molar-refractivity contribution in [1.29, 1.82) is 0 Å². The predicted molar refractivity (Wildman–Crippen MR) is 53.3 cm³/mol. The first-order valence-electron chi connectivity index (χ1n) is 4.33. The highest BCUT2D eigenvalue weighted by Gasteiger charge is 2.06. The lowest BCUT2D eigenvalue weighted by Crippen LogP contribution is -2.04. The molecule has 5 heteroatoms. The zero-order valence-corrected chi connectivity index (χ0v) is 8.63. The minimum absolute atomic E-state index is 0.0151. The van der Waals surface area contributed by atoms with E-state index in [1.807, 2.05) is 0 Å². The van der Waals surface area contributed by atoms with E-state index in [1.165, 1.54) is 12.1 Å². The van der Waals surface area contributed by atoms with Crippen LogP contribution < -0.4 is 0 Å². The number of hydrogen-bond donors (Lipinski definition) is 1. The lowest BCUT2D eigenvalue weighted by atomic mass is 10.2. The van der Waals surface area contributed by atoms with Gasteiger partial charge in [0.25, 0.3) is 0 Å². The number of carbonyl (C=O) groups is 1. The van der Waals surface area contributed by atoms with Crippen molar-refractivity contribution in [2.45, 2.75) is 13.0 Å². The van der Waals surface area contributed by atoms with E-state index >= 15 is 0 Å². The Morgan fingerprint density at radius 2 is 2.27 bits per heavy atom. The molecule has 0 aliphatic rings. The number of rotatable bonds is 5. The van der Waals surface area contributed by atoms with E-state index in [0.29, 0.717) is 0 Å². The summed E-state index contributed by atoms with van der Waals surface area (Å²) in [4.78, 5) is 10.2. The smallest absolute Gasteiger partial charge is 0.305 e. The van der Waals surface area contributed by atoms with Gasteiger partial charge in [-0.15, -0.1) is 0 Å². The van der Waals surface area contributed by atoms with Crippen LogP contribution in [0.5, 0.6) is 0 Å². The summed E-state index contributed by atoms with van der Waals surface area (Å²) in [5.74, 6) is -1.40. The van der Waals surface area contributed by atoms with Crippen LogP contribution in [0.15, 0.2) is 18.2 Å². The number of halogens is 2. The summed E-state index contributed by atoms with van der Waals surface area (Å²) in [6.07, 6.45) is -0.105. The summed E-state index contributed by atoms with van der Waals surface area (Å²) in [6.45, 7) is 0.0266. The van der Waals surface area contributed by atoms with Crippen LogP contribution in [0.4, 0.5) is 4.39 Å². The molecule has 0 bridgehead atoms. The molecular formula is C10H10ClFO3. The average Bonchev–Trinajstić information content (AvgIpc) is 2.15. The Hall–Kier alpha value is -1.13. The first-order valence-corrected chi connectivity index (χ1v) is 4.71. The van der Waals surface area contributed by atoms with E-state index in [2.05, 4.69) is 0 Å². The molecule has 0 fully saturated rings. The fourth-order valence-corrected chi connectivity index (χ4v) is 1.22. The summed E-state index contributed by atoms with van der Waals surface area (Å²) in [5, 5.41) is 8.62. The molecule has 1 aromatic rings. The number of carboxylic acids is 1. The van der Waals surface area contributed by atoms with Crippen LogP contribution >= 0.6 is 11.6 Å². The number of hydrogen-bond acceptors (Lipinski definition) is 2. The number of aliphatic carboxylic acids is 1. The Bertz CT molecular complexity index is 334. The van der Waals surface area contributed by atoms with E-state index in [0.717, 1.165) is 0 Å². The highest BCUT2D eigenvalue weighted by molar-refractivity contribution is 6.31. The molecule has 0 amide bonds. The average molecular weight is 233 g/mol. The van der Waals surface area contributed by atoms with Crippen molar-refractivity contribution in [3.63, 3.8) is 0 Å². The number of benzene rings is 1. The van der Waals surface area contributed by atoms with Crippen LogP contribution in [0.1, 0.15) is 12.0 Å². The fraction of sp³-hybridized carbons (Fsp3) is 0.300. The van der Waals surface area contributed by atoms with Crippen LogP contribution in [0, 0.1) is 5.82 Å². The largest absolute Gasteiger partial charge is 0.481 e. The molecule has 0 atom stereocenters. The van der Waals surface area contributed by atoms with E-state index in [9.17, 15) is 9.18 Å². The Balaban J connectivity index is 2.47. The van der Waals surface area contributed by atoms with Crippen molar-refractivity contribution in [2.75, 3.05) is 6.61 Å². The Morgan fingerprint density at radius 3 is 2.87 bits per heavy atom. The fourth-order valence-electron chi connectivity index (χ4n) is 1.00. The molecule has 0 saturated carbocycles. The molecule has 15 heavy (non-hydrogen) atoms. The summed E-state index contributed by atoms with van der Waals surface area (Å²) >= 11 is 5.73. The van der Waals surface area contributed by atoms with Gasteiger partial charge in [-0.3, -0.25) is 4.79 Å². The SMILES string of the molecule is O=C(O)CCOCc1c(F)cccc1Cl. The van der Waals surface area contributed by atoms with Crippen molar-refractivity contribution < 1.29 is 19.0 Å². The van der Waals surface area contributed by atoms with E-state index < -0.39 is 11.8 Å². The van der Waals surface area contributed by atoms with Gasteiger partial charge in [0, 0.05) is 10.6 Å². The first-order chi connectivity index (χ1) is 7.11. The minimum Gasteiger partial charge on any atom is -0.481 e. The molecule has 3 nitrogen and oxygen atoms in total. The van der Waals surface area contributed by atoms with Crippen LogP contribution in [0.3, 0.4) is 0 Å². The van der Waals surface area contributed by atoms with Gasteiger partial charge in [0.05, 0.1) is 19.6 Å². The molecule has 82 valence electrons. The second-order valence-corrected chi connectivity index (χ2v) is 3.30. The van der Waals surface area contributed by atoms with Crippen LogP contribution in [0.25, 0.3) is 0 Å². The van der Waals surface area contributed by atoms with E-state index in [1.54, 1.807) is 6.07 Å². The second-order valence-electron chi connectivity index (χ2n) is 2.90. The monoisotopic (exact) mass is 232 g/mol. The minimum atomic E-state index is -0.949. The standard InChI is InChI=1S/C10H10ClFO3/c11-8-2-1-3-9(12)7(8)6-15-5-4-10(13)14/h1-3H,4-6H2,(H,13,14). The summed E-state index contributed by atoms with van der Waals surface area (Å²) in [5.41, 5.74) is 0.254. The van der Waals surface area contributed by atoms with Gasteiger partial charge in [0.15, 0.2) is 0 Å². The normalized spacial score (nSPS) is 10.3.